The SMILES string of the molecule is CC(=O)NC(CSc1ccccc1)C(=O)N1CCN(C)CC1. The minimum Gasteiger partial charge on any atom is -0.344 e. The van der Waals surface area contributed by atoms with Crippen LogP contribution in [0.3, 0.4) is 0 Å². The van der Waals surface area contributed by atoms with Crippen LogP contribution in [-0.4, -0.2) is 66.6 Å². The van der Waals surface area contributed by atoms with E-state index < -0.39 is 6.04 Å². The summed E-state index contributed by atoms with van der Waals surface area (Å²) < 4.78 is 0. The van der Waals surface area contributed by atoms with Crippen LogP contribution in [0.5, 0.6) is 0 Å². The highest BCUT2D eigenvalue weighted by molar-refractivity contribution is 7.99. The average molecular weight is 321 g/mol. The summed E-state index contributed by atoms with van der Waals surface area (Å²) in [6.07, 6.45) is 0. The Labute approximate surface area is 136 Å². The lowest BCUT2D eigenvalue weighted by Gasteiger charge is -2.34. The Hall–Kier alpha value is -1.53. The second kappa shape index (κ2) is 8.19. The van der Waals surface area contributed by atoms with Gasteiger partial charge in [-0.15, -0.1) is 11.8 Å². The number of nitrogens with zero attached hydrogens (tertiary/aromatic N) is 2. The molecule has 1 unspecified atom stereocenters. The van der Waals surface area contributed by atoms with Gasteiger partial charge >= 0.3 is 0 Å². The highest BCUT2D eigenvalue weighted by atomic mass is 32.2. The fourth-order valence-corrected chi connectivity index (χ4v) is 3.30. The zero-order valence-corrected chi connectivity index (χ0v) is 13.9. The molecule has 1 aliphatic heterocycles. The topological polar surface area (TPSA) is 52.7 Å². The number of carbonyl (C=O) groups is 2. The van der Waals surface area contributed by atoms with Crippen molar-refractivity contribution in [3.05, 3.63) is 30.3 Å². The Kier molecular flexibility index (Phi) is 6.27. The first-order valence-electron chi connectivity index (χ1n) is 7.48. The Bertz CT molecular complexity index is 501. The molecule has 2 amide bonds. The Morgan fingerprint density at radius 3 is 2.41 bits per heavy atom. The van der Waals surface area contributed by atoms with Gasteiger partial charge in [0.2, 0.25) is 11.8 Å². The molecular weight excluding hydrogens is 298 g/mol. The lowest BCUT2D eigenvalue weighted by atomic mass is 10.2. The van der Waals surface area contributed by atoms with E-state index in [-0.39, 0.29) is 11.8 Å². The Balaban J connectivity index is 1.95. The summed E-state index contributed by atoms with van der Waals surface area (Å²) in [6, 6.07) is 9.46. The van der Waals surface area contributed by atoms with E-state index in [0.29, 0.717) is 5.75 Å². The summed E-state index contributed by atoms with van der Waals surface area (Å²) in [5.74, 6) is 0.405. The van der Waals surface area contributed by atoms with Gasteiger partial charge in [-0.3, -0.25) is 9.59 Å². The molecule has 1 heterocycles. The number of hydrogen-bond donors (Lipinski definition) is 1. The minimum absolute atomic E-state index is 0.0201. The standard InChI is InChI=1S/C16H23N3O2S/c1-13(20)17-15(12-22-14-6-4-3-5-7-14)16(21)19-10-8-18(2)9-11-19/h3-7,15H,8-12H2,1-2H3,(H,17,20). The summed E-state index contributed by atoms with van der Waals surface area (Å²) in [5, 5.41) is 2.79. The van der Waals surface area contributed by atoms with E-state index in [0.717, 1.165) is 31.1 Å². The minimum atomic E-state index is -0.467. The number of likely N-dealkylation sites (N-methyl/N-ethyl adjacent to an activating group) is 1. The molecule has 120 valence electrons. The molecule has 0 radical (unpaired) electrons. The quantitative estimate of drug-likeness (QED) is 0.824. The number of piperazine rings is 1. The van der Waals surface area contributed by atoms with E-state index in [1.807, 2.05) is 35.2 Å². The van der Waals surface area contributed by atoms with Crippen LogP contribution in [0.2, 0.25) is 0 Å². The van der Waals surface area contributed by atoms with Crippen molar-refractivity contribution in [3.63, 3.8) is 0 Å². The molecule has 0 bridgehead atoms. The predicted molar refractivity (Wildman–Crippen MR) is 88.8 cm³/mol. The highest BCUT2D eigenvalue weighted by Gasteiger charge is 2.27. The zero-order valence-electron chi connectivity index (χ0n) is 13.1. The normalized spacial score (nSPS) is 17.1. The van der Waals surface area contributed by atoms with Gasteiger partial charge in [0.05, 0.1) is 0 Å². The molecule has 22 heavy (non-hydrogen) atoms. The zero-order chi connectivity index (χ0) is 15.9. The molecule has 1 aromatic carbocycles. The first-order chi connectivity index (χ1) is 10.6. The van der Waals surface area contributed by atoms with E-state index in [1.165, 1.54) is 6.92 Å². The Morgan fingerprint density at radius 2 is 1.82 bits per heavy atom. The average Bonchev–Trinajstić information content (AvgIpc) is 2.52. The first-order valence-corrected chi connectivity index (χ1v) is 8.47. The fourth-order valence-electron chi connectivity index (χ4n) is 2.36. The maximum atomic E-state index is 12.6. The first kappa shape index (κ1) is 16.8. The second-order valence-electron chi connectivity index (χ2n) is 5.51. The molecule has 2 rings (SSSR count). The third kappa shape index (κ3) is 5.03. The third-order valence-corrected chi connectivity index (χ3v) is 4.76. The third-order valence-electron chi connectivity index (χ3n) is 3.65. The summed E-state index contributed by atoms with van der Waals surface area (Å²) >= 11 is 1.59. The molecule has 0 aliphatic carbocycles. The number of hydrogen-bond acceptors (Lipinski definition) is 4. The lowest BCUT2D eigenvalue weighted by Crippen LogP contribution is -2.54. The molecule has 1 fully saturated rings. The van der Waals surface area contributed by atoms with Gasteiger partial charge in [-0.1, -0.05) is 18.2 Å². The van der Waals surface area contributed by atoms with Gasteiger partial charge in [-0.05, 0) is 19.2 Å². The van der Waals surface area contributed by atoms with Crippen molar-refractivity contribution in [1.29, 1.82) is 0 Å². The van der Waals surface area contributed by atoms with Gasteiger partial charge in [0.25, 0.3) is 0 Å². The summed E-state index contributed by atoms with van der Waals surface area (Å²) in [5.41, 5.74) is 0. The van der Waals surface area contributed by atoms with E-state index in [4.69, 9.17) is 0 Å². The van der Waals surface area contributed by atoms with Crippen LogP contribution in [0.15, 0.2) is 35.2 Å². The van der Waals surface area contributed by atoms with Crippen LogP contribution in [0.25, 0.3) is 0 Å². The molecule has 1 N–H and O–H groups in total. The predicted octanol–water partition coefficient (Wildman–Crippen LogP) is 1.06. The lowest BCUT2D eigenvalue weighted by molar-refractivity contribution is -0.136. The van der Waals surface area contributed by atoms with E-state index >= 15 is 0 Å². The Morgan fingerprint density at radius 1 is 1.18 bits per heavy atom. The van der Waals surface area contributed by atoms with Crippen LogP contribution < -0.4 is 5.32 Å². The molecule has 0 saturated carbocycles. The molecule has 5 nitrogen and oxygen atoms in total. The summed E-state index contributed by atoms with van der Waals surface area (Å²) in [7, 11) is 2.05. The van der Waals surface area contributed by atoms with Gasteiger partial charge in [0.1, 0.15) is 6.04 Å². The van der Waals surface area contributed by atoms with Crippen LogP contribution in [0, 0.1) is 0 Å². The van der Waals surface area contributed by atoms with Gasteiger partial charge < -0.3 is 15.1 Å². The van der Waals surface area contributed by atoms with E-state index in [9.17, 15) is 9.59 Å². The van der Waals surface area contributed by atoms with Crippen molar-refractivity contribution in [1.82, 2.24) is 15.1 Å². The van der Waals surface area contributed by atoms with Gasteiger partial charge in [0.15, 0.2) is 0 Å². The number of benzene rings is 1. The van der Waals surface area contributed by atoms with Gasteiger partial charge in [-0.25, -0.2) is 0 Å². The van der Waals surface area contributed by atoms with Crippen molar-refractivity contribution in [2.45, 2.75) is 17.9 Å². The number of carbonyl (C=O) groups excluding carboxylic acids is 2. The van der Waals surface area contributed by atoms with Gasteiger partial charge in [0, 0.05) is 43.8 Å². The molecule has 1 saturated heterocycles. The number of thioether (sulfide) groups is 1. The largest absolute Gasteiger partial charge is 0.344 e. The monoisotopic (exact) mass is 321 g/mol. The van der Waals surface area contributed by atoms with Crippen LogP contribution in [0.4, 0.5) is 0 Å². The van der Waals surface area contributed by atoms with Crippen molar-refractivity contribution >= 4 is 23.6 Å². The fraction of sp³-hybridized carbons (Fsp3) is 0.500. The van der Waals surface area contributed by atoms with E-state index in [2.05, 4.69) is 17.3 Å². The molecule has 1 aromatic rings. The molecule has 0 spiro atoms. The van der Waals surface area contributed by atoms with E-state index in [1.54, 1.807) is 11.8 Å². The highest BCUT2D eigenvalue weighted by Crippen LogP contribution is 2.19. The smallest absolute Gasteiger partial charge is 0.246 e. The van der Waals surface area contributed by atoms with Gasteiger partial charge in [-0.2, -0.15) is 0 Å². The molecule has 0 aromatic heterocycles. The number of amides is 2. The summed E-state index contributed by atoms with van der Waals surface area (Å²) in [6.45, 7) is 4.66. The second-order valence-corrected chi connectivity index (χ2v) is 6.60. The molecular formula is C16H23N3O2S. The van der Waals surface area contributed by atoms with Crippen LogP contribution in [-0.2, 0) is 9.59 Å². The van der Waals surface area contributed by atoms with Crippen molar-refractivity contribution in [2.75, 3.05) is 39.0 Å². The number of rotatable bonds is 5. The molecule has 1 aliphatic rings. The maximum absolute atomic E-state index is 12.6. The maximum Gasteiger partial charge on any atom is 0.246 e. The van der Waals surface area contributed by atoms with Crippen molar-refractivity contribution in [3.8, 4) is 0 Å². The van der Waals surface area contributed by atoms with Crippen LogP contribution in [0.1, 0.15) is 6.92 Å². The molecule has 1 atom stereocenters. The van der Waals surface area contributed by atoms with Crippen LogP contribution >= 0.6 is 11.8 Å². The molecule has 6 heteroatoms. The van der Waals surface area contributed by atoms with Crippen molar-refractivity contribution < 1.29 is 9.59 Å². The van der Waals surface area contributed by atoms with Crippen molar-refractivity contribution in [2.24, 2.45) is 0 Å². The summed E-state index contributed by atoms with van der Waals surface area (Å²) in [4.78, 5) is 29.2. The number of nitrogens with one attached hydrogen (secondary N) is 1.